The zero-order chi connectivity index (χ0) is 32.5. The molecule has 0 atom stereocenters. The van der Waals surface area contributed by atoms with E-state index in [-0.39, 0.29) is 0 Å². The lowest BCUT2D eigenvalue weighted by molar-refractivity contribution is 1.09. The van der Waals surface area contributed by atoms with Crippen LogP contribution in [0.2, 0.25) is 0 Å². The zero-order valence-corrected chi connectivity index (χ0v) is 28.3. The summed E-state index contributed by atoms with van der Waals surface area (Å²) in [6.07, 6.45) is 3.39. The fraction of sp³-hybridized carbons (Fsp3) is 0.200. The number of benzene rings is 6. The second-order valence-corrected chi connectivity index (χ2v) is 11.2. The van der Waals surface area contributed by atoms with Gasteiger partial charge >= 0.3 is 0 Å². The van der Waals surface area contributed by atoms with Crippen molar-refractivity contribution in [3.63, 3.8) is 0 Å². The van der Waals surface area contributed by atoms with Crippen LogP contribution in [0.5, 0.6) is 0 Å². The normalized spacial score (nSPS) is 11.2. The van der Waals surface area contributed by atoms with Gasteiger partial charge in [0.05, 0.1) is 11.0 Å². The van der Waals surface area contributed by atoms with Crippen LogP contribution in [0.15, 0.2) is 140 Å². The first-order valence-electron chi connectivity index (χ1n) is 17.1. The molecule has 0 spiro atoms. The van der Waals surface area contributed by atoms with Crippen LogP contribution in [0.3, 0.4) is 0 Å². The Morgan fingerprint density at radius 2 is 0.761 bits per heavy atom. The van der Waals surface area contributed by atoms with Crippen LogP contribution in [0, 0.1) is 0 Å². The summed E-state index contributed by atoms with van der Waals surface area (Å²) in [4.78, 5) is 0. The summed E-state index contributed by atoms with van der Waals surface area (Å²) >= 11 is 0. The Morgan fingerprint density at radius 1 is 0.413 bits per heavy atom. The van der Waals surface area contributed by atoms with Crippen molar-refractivity contribution in [1.82, 2.24) is 4.57 Å². The predicted molar refractivity (Wildman–Crippen MR) is 202 cm³/mol. The first kappa shape index (κ1) is 32.5. The van der Waals surface area contributed by atoms with E-state index in [0.29, 0.717) is 0 Å². The molecule has 46 heavy (non-hydrogen) atoms. The van der Waals surface area contributed by atoms with E-state index in [2.05, 4.69) is 158 Å². The summed E-state index contributed by atoms with van der Waals surface area (Å²) in [5, 5.41) is 2.62. The molecule has 1 aromatic heterocycles. The summed E-state index contributed by atoms with van der Waals surface area (Å²) in [6.45, 7) is 12.2. The van der Waals surface area contributed by atoms with Crippen LogP contribution in [-0.2, 0) is 12.8 Å². The van der Waals surface area contributed by atoms with E-state index in [1.165, 1.54) is 78.4 Å². The van der Waals surface area contributed by atoms with Crippen LogP contribution in [0.1, 0.15) is 70.2 Å². The average Bonchev–Trinajstić information content (AvgIpc) is 3.80. The first-order chi connectivity index (χ1) is 22.8. The molecule has 1 nitrogen and oxygen atoms in total. The van der Waals surface area contributed by atoms with Crippen molar-refractivity contribution < 1.29 is 0 Å². The molecule has 1 heterocycles. The molecule has 232 valence electrons. The van der Waals surface area contributed by atoms with Gasteiger partial charge in [-0.15, -0.1) is 0 Å². The highest BCUT2D eigenvalue weighted by Gasteiger charge is 2.20. The van der Waals surface area contributed by atoms with E-state index in [1.807, 2.05) is 27.7 Å². The van der Waals surface area contributed by atoms with Crippen molar-refractivity contribution in [2.24, 2.45) is 0 Å². The minimum Gasteiger partial charge on any atom is -0.309 e. The summed E-state index contributed by atoms with van der Waals surface area (Å²) in [7, 11) is 0. The second kappa shape index (κ2) is 15.4. The Labute approximate surface area is 276 Å². The summed E-state index contributed by atoms with van der Waals surface area (Å²) in [6, 6.07) is 50.4. The fourth-order valence-electron chi connectivity index (χ4n) is 6.53. The number of para-hydroxylation sites is 2. The van der Waals surface area contributed by atoms with Gasteiger partial charge in [-0.3, -0.25) is 0 Å². The fourth-order valence-corrected chi connectivity index (χ4v) is 6.53. The van der Waals surface area contributed by atoms with Crippen molar-refractivity contribution in [3.05, 3.63) is 162 Å². The van der Waals surface area contributed by atoms with Crippen molar-refractivity contribution in [2.45, 2.75) is 60.8 Å². The number of rotatable bonds is 1. The van der Waals surface area contributed by atoms with Gasteiger partial charge in [0.1, 0.15) is 0 Å². The first-order valence-corrected chi connectivity index (χ1v) is 17.1. The van der Waals surface area contributed by atoms with E-state index in [9.17, 15) is 0 Å². The van der Waals surface area contributed by atoms with E-state index in [0.717, 1.165) is 12.8 Å². The molecule has 0 radical (unpaired) electrons. The van der Waals surface area contributed by atoms with Gasteiger partial charge in [0.25, 0.3) is 0 Å². The number of nitrogens with zero attached hydrogens (tertiary/aromatic N) is 1. The molecule has 0 fully saturated rings. The van der Waals surface area contributed by atoms with Gasteiger partial charge in [-0.05, 0) is 81.6 Å². The van der Waals surface area contributed by atoms with E-state index >= 15 is 0 Å². The third kappa shape index (κ3) is 6.28. The molecule has 0 aliphatic heterocycles. The maximum atomic E-state index is 2.39. The molecule has 2 aliphatic rings. The van der Waals surface area contributed by atoms with Crippen LogP contribution in [0.4, 0.5) is 0 Å². The van der Waals surface area contributed by atoms with Crippen molar-refractivity contribution in [1.29, 1.82) is 0 Å². The van der Waals surface area contributed by atoms with E-state index in [1.54, 1.807) is 0 Å². The van der Waals surface area contributed by atoms with Crippen LogP contribution < -0.4 is 0 Å². The van der Waals surface area contributed by atoms with Gasteiger partial charge in [0.2, 0.25) is 0 Å². The quantitative estimate of drug-likeness (QED) is 0.176. The molecule has 0 unspecified atom stereocenters. The molecular weight excluding hydrogens is 555 g/mol. The van der Waals surface area contributed by atoms with Gasteiger partial charge in [-0.1, -0.05) is 163 Å². The minimum atomic E-state index is 1.04. The molecular formula is C45H47N. The van der Waals surface area contributed by atoms with Crippen LogP contribution >= 0.6 is 0 Å². The van der Waals surface area contributed by atoms with Crippen molar-refractivity contribution >= 4 is 21.8 Å². The Hall–Kier alpha value is -4.88. The standard InChI is InChI=1S/C25H17N.C13H10.C3H8.2C2H6/c1-2-8-20-17(7-1)15-18-13-14-19(16-23(18)20)26-24-11-5-3-9-21(24)22-10-4-6-12-25(22)26;1-3-7-12-10(5-1)9-11-6-2-4-8-13(11)12;1-3-2;2*1-2/h1-14,16H,15H2;1-8H,9H2;3H2,1-2H3;2*1-2H3. The van der Waals surface area contributed by atoms with E-state index in [4.69, 9.17) is 0 Å². The molecule has 6 aromatic carbocycles. The topological polar surface area (TPSA) is 4.93 Å². The average molecular weight is 602 g/mol. The predicted octanol–water partition coefficient (Wildman–Crippen LogP) is 13.1. The highest BCUT2D eigenvalue weighted by Crippen LogP contribution is 2.39. The van der Waals surface area contributed by atoms with Gasteiger partial charge < -0.3 is 4.57 Å². The Kier molecular flexibility index (Phi) is 10.9. The Morgan fingerprint density at radius 3 is 1.22 bits per heavy atom. The summed E-state index contributed by atoms with van der Waals surface area (Å²) < 4.78 is 2.39. The summed E-state index contributed by atoms with van der Waals surface area (Å²) in [5.74, 6) is 0. The monoisotopic (exact) mass is 601 g/mol. The van der Waals surface area contributed by atoms with Crippen molar-refractivity contribution in [2.75, 3.05) is 0 Å². The summed E-state index contributed by atoms with van der Waals surface area (Å²) in [5.41, 5.74) is 15.1. The lowest BCUT2D eigenvalue weighted by Crippen LogP contribution is -1.94. The molecule has 2 aliphatic carbocycles. The van der Waals surface area contributed by atoms with Crippen LogP contribution in [0.25, 0.3) is 49.7 Å². The molecule has 0 saturated carbocycles. The molecule has 0 amide bonds. The lowest BCUT2D eigenvalue weighted by atomic mass is 10.1. The number of hydrogen-bond acceptors (Lipinski definition) is 0. The van der Waals surface area contributed by atoms with E-state index < -0.39 is 0 Å². The van der Waals surface area contributed by atoms with Gasteiger partial charge in [0, 0.05) is 16.5 Å². The smallest absolute Gasteiger partial charge is 0.0541 e. The minimum absolute atomic E-state index is 1.04. The molecule has 9 rings (SSSR count). The highest BCUT2D eigenvalue weighted by molar-refractivity contribution is 6.09. The van der Waals surface area contributed by atoms with Crippen molar-refractivity contribution in [3.8, 4) is 27.9 Å². The number of fused-ring (bicyclic) bond motifs is 9. The Balaban J connectivity index is 0.000000175. The Bertz CT molecular complexity index is 1940. The third-order valence-electron chi connectivity index (χ3n) is 8.33. The van der Waals surface area contributed by atoms with Gasteiger partial charge in [0.15, 0.2) is 0 Å². The molecule has 1 heteroatoms. The maximum absolute atomic E-state index is 2.39. The SMILES string of the molecule is CC.CC.CCC.c1ccc2c(c1)Cc1ccc(-n3c4ccccc4c4ccccc43)cc1-2.c1ccc2c(c1)Cc1ccccc1-2. The van der Waals surface area contributed by atoms with Crippen LogP contribution in [-0.4, -0.2) is 4.57 Å². The van der Waals surface area contributed by atoms with Gasteiger partial charge in [-0.25, -0.2) is 0 Å². The second-order valence-electron chi connectivity index (χ2n) is 11.2. The maximum Gasteiger partial charge on any atom is 0.0541 e. The lowest BCUT2D eigenvalue weighted by Gasteiger charge is -2.10. The molecule has 0 N–H and O–H groups in total. The largest absolute Gasteiger partial charge is 0.309 e. The number of hydrogen-bond donors (Lipinski definition) is 0. The zero-order valence-electron chi connectivity index (χ0n) is 28.3. The third-order valence-corrected chi connectivity index (χ3v) is 8.33. The molecule has 0 saturated heterocycles. The molecule has 0 bridgehead atoms. The highest BCUT2D eigenvalue weighted by atomic mass is 15.0. The van der Waals surface area contributed by atoms with Gasteiger partial charge in [-0.2, -0.15) is 0 Å². The number of aromatic nitrogens is 1. The molecule has 7 aromatic rings.